The van der Waals surface area contributed by atoms with E-state index in [1.54, 1.807) is 19.0 Å². The van der Waals surface area contributed by atoms with E-state index in [1.807, 2.05) is 6.08 Å². The van der Waals surface area contributed by atoms with Gasteiger partial charge in [-0.1, -0.05) is 11.6 Å². The van der Waals surface area contributed by atoms with Crippen molar-refractivity contribution in [3.05, 3.63) is 11.6 Å². The van der Waals surface area contributed by atoms with Crippen molar-refractivity contribution >= 4 is 18.1 Å². The molecule has 18 heavy (non-hydrogen) atoms. The van der Waals surface area contributed by atoms with Gasteiger partial charge in [-0.15, -0.1) is 0 Å². The predicted octanol–water partition coefficient (Wildman–Crippen LogP) is 0.642. The summed E-state index contributed by atoms with van der Waals surface area (Å²) in [6.45, 7) is 0.505. The molecule has 0 atom stereocenters. The zero-order chi connectivity index (χ0) is 13.7. The highest BCUT2D eigenvalue weighted by Crippen LogP contribution is 2.15. The number of methoxy groups -OCH3 is 1. The summed E-state index contributed by atoms with van der Waals surface area (Å²) in [5, 5.41) is 2.64. The largest absolute Gasteiger partial charge is 0.452 e. The summed E-state index contributed by atoms with van der Waals surface area (Å²) in [4.78, 5) is 29.5. The summed E-state index contributed by atoms with van der Waals surface area (Å²) in [7, 11) is 6.14. The highest BCUT2D eigenvalue weighted by Gasteiger charge is 2.18. The van der Waals surface area contributed by atoms with Gasteiger partial charge in [0.2, 0.25) is 5.96 Å². The molecule has 1 N–H and O–H groups in total. The number of carbonyl (C=O) groups is 2. The van der Waals surface area contributed by atoms with Crippen molar-refractivity contribution in [1.82, 2.24) is 15.1 Å². The summed E-state index contributed by atoms with van der Waals surface area (Å²) in [6, 6.07) is -0.484. The molecular weight excluding hydrogens is 236 g/mol. The first-order valence-corrected chi connectivity index (χ1v) is 5.49. The Labute approximate surface area is 106 Å². The van der Waals surface area contributed by atoms with Crippen LogP contribution in [-0.4, -0.2) is 62.7 Å². The summed E-state index contributed by atoms with van der Waals surface area (Å²) in [5.41, 5.74) is 1.19. The second-order valence-corrected chi connectivity index (χ2v) is 4.06. The molecule has 1 aliphatic carbocycles. The van der Waals surface area contributed by atoms with Crippen LogP contribution in [0.25, 0.3) is 0 Å². The number of hydrogen-bond donors (Lipinski definition) is 1. The minimum Gasteiger partial charge on any atom is -0.452 e. The van der Waals surface area contributed by atoms with Gasteiger partial charge in [0.1, 0.15) is 0 Å². The maximum Gasteiger partial charge on any atom is 0.416 e. The van der Waals surface area contributed by atoms with E-state index in [2.05, 4.69) is 15.0 Å². The van der Waals surface area contributed by atoms with E-state index in [-0.39, 0.29) is 5.96 Å². The fraction of sp³-hybridized carbons (Fsp3) is 0.545. The van der Waals surface area contributed by atoms with E-state index in [0.29, 0.717) is 6.54 Å². The number of nitrogens with zero attached hydrogens (tertiary/aromatic N) is 3. The van der Waals surface area contributed by atoms with Gasteiger partial charge in [-0.05, 0) is 6.42 Å². The summed E-state index contributed by atoms with van der Waals surface area (Å²) in [6.07, 6.45) is 2.39. The van der Waals surface area contributed by atoms with Gasteiger partial charge >= 0.3 is 12.1 Å². The van der Waals surface area contributed by atoms with Gasteiger partial charge in [-0.3, -0.25) is 4.90 Å². The highest BCUT2D eigenvalue weighted by atomic mass is 16.5. The minimum atomic E-state index is -0.583. The fourth-order valence-corrected chi connectivity index (χ4v) is 1.23. The summed E-state index contributed by atoms with van der Waals surface area (Å²) in [5.74, 6) is 0.212. The molecule has 0 saturated heterocycles. The molecule has 0 aromatic rings. The number of amides is 3. The third-order valence-corrected chi connectivity index (χ3v) is 2.31. The minimum absolute atomic E-state index is 0.212. The molecule has 7 nitrogen and oxygen atoms in total. The molecule has 7 heteroatoms. The molecule has 0 unspecified atom stereocenters. The Kier molecular flexibility index (Phi) is 4.70. The molecule has 1 aliphatic rings. The Morgan fingerprint density at radius 3 is 2.50 bits per heavy atom. The molecule has 0 saturated carbocycles. The number of hydrogen-bond acceptors (Lipinski definition) is 3. The number of ether oxygens (including phenoxy) is 1. The van der Waals surface area contributed by atoms with Gasteiger partial charge in [0.25, 0.3) is 0 Å². The van der Waals surface area contributed by atoms with Gasteiger partial charge in [0.15, 0.2) is 0 Å². The molecule has 0 aliphatic heterocycles. The standard InChI is InChI=1S/C11H18N4O3/c1-14(2)10(15(3)11(17)18-4)13-9(16)12-7-8-5-6-8/h5H,6-7H2,1-4H3,(H,12,16)/b13-10+. The molecule has 100 valence electrons. The van der Waals surface area contributed by atoms with Crippen molar-refractivity contribution in [2.24, 2.45) is 4.99 Å². The molecule has 0 radical (unpaired) electrons. The SMILES string of the molecule is COC(=O)N(C)/C(=N/C(=O)NCC1=CC1)N(C)C. The maximum atomic E-state index is 11.6. The van der Waals surface area contributed by atoms with Crippen LogP contribution in [0, 0.1) is 0 Å². The van der Waals surface area contributed by atoms with Gasteiger partial charge < -0.3 is 15.0 Å². The third kappa shape index (κ3) is 4.08. The van der Waals surface area contributed by atoms with Gasteiger partial charge in [0.05, 0.1) is 7.11 Å². The zero-order valence-corrected chi connectivity index (χ0v) is 11.1. The lowest BCUT2D eigenvalue weighted by Gasteiger charge is -2.23. The Balaban J connectivity index is 2.66. The van der Waals surface area contributed by atoms with Crippen molar-refractivity contribution < 1.29 is 14.3 Å². The molecule has 0 spiro atoms. The molecule has 0 heterocycles. The normalized spacial score (nSPS) is 13.6. The molecule has 0 bridgehead atoms. The molecule has 0 aromatic heterocycles. The van der Waals surface area contributed by atoms with Crippen LogP contribution < -0.4 is 5.32 Å². The van der Waals surface area contributed by atoms with E-state index in [0.717, 1.165) is 11.3 Å². The van der Waals surface area contributed by atoms with Crippen LogP contribution in [0.1, 0.15) is 6.42 Å². The van der Waals surface area contributed by atoms with Crippen LogP contribution in [0.4, 0.5) is 9.59 Å². The van der Waals surface area contributed by atoms with Crippen molar-refractivity contribution in [3.63, 3.8) is 0 Å². The molecule has 1 rings (SSSR count). The number of rotatable bonds is 2. The van der Waals surface area contributed by atoms with Crippen molar-refractivity contribution in [3.8, 4) is 0 Å². The van der Waals surface area contributed by atoms with Gasteiger partial charge in [-0.25, -0.2) is 9.59 Å². The van der Waals surface area contributed by atoms with Crippen LogP contribution >= 0.6 is 0 Å². The third-order valence-electron chi connectivity index (χ3n) is 2.31. The highest BCUT2D eigenvalue weighted by molar-refractivity contribution is 5.99. The maximum absolute atomic E-state index is 11.6. The number of guanidine groups is 1. The van der Waals surface area contributed by atoms with E-state index in [1.165, 1.54) is 19.7 Å². The van der Waals surface area contributed by atoms with Crippen molar-refractivity contribution in [2.75, 3.05) is 34.8 Å². The lowest BCUT2D eigenvalue weighted by molar-refractivity contribution is 0.149. The molecular formula is C11H18N4O3. The number of urea groups is 1. The monoisotopic (exact) mass is 254 g/mol. The second kappa shape index (κ2) is 6.04. The van der Waals surface area contributed by atoms with E-state index in [4.69, 9.17) is 0 Å². The first-order chi connectivity index (χ1) is 8.45. The van der Waals surface area contributed by atoms with Gasteiger partial charge in [-0.2, -0.15) is 4.99 Å². The number of aliphatic imine (C=N–C) groups is 1. The Morgan fingerprint density at radius 1 is 1.44 bits per heavy atom. The van der Waals surface area contributed by atoms with E-state index >= 15 is 0 Å². The molecule has 0 aromatic carbocycles. The van der Waals surface area contributed by atoms with E-state index < -0.39 is 12.1 Å². The summed E-state index contributed by atoms with van der Waals surface area (Å²) < 4.78 is 4.57. The Morgan fingerprint density at radius 2 is 2.06 bits per heavy atom. The van der Waals surface area contributed by atoms with Crippen LogP contribution in [0.5, 0.6) is 0 Å². The lowest BCUT2D eigenvalue weighted by Crippen LogP contribution is -2.43. The molecule has 0 fully saturated rings. The first kappa shape index (κ1) is 14.0. The zero-order valence-electron chi connectivity index (χ0n) is 11.1. The van der Waals surface area contributed by atoms with Gasteiger partial charge in [0, 0.05) is 27.7 Å². The number of carbonyl (C=O) groups excluding carboxylic acids is 2. The molecule has 3 amide bonds. The van der Waals surface area contributed by atoms with Crippen molar-refractivity contribution in [2.45, 2.75) is 6.42 Å². The predicted molar refractivity (Wildman–Crippen MR) is 67.4 cm³/mol. The number of nitrogens with one attached hydrogen (secondary N) is 1. The van der Waals surface area contributed by atoms with Crippen LogP contribution in [0.2, 0.25) is 0 Å². The fourth-order valence-electron chi connectivity index (χ4n) is 1.23. The average Bonchev–Trinajstić information content (AvgIpc) is 3.15. The van der Waals surface area contributed by atoms with Crippen molar-refractivity contribution in [1.29, 1.82) is 0 Å². The quantitative estimate of drug-likeness (QED) is 0.446. The smallest absolute Gasteiger partial charge is 0.416 e. The Bertz CT molecular complexity index is 401. The lowest BCUT2D eigenvalue weighted by atomic mass is 10.5. The van der Waals surface area contributed by atoms with Crippen LogP contribution in [0.3, 0.4) is 0 Å². The van der Waals surface area contributed by atoms with Crippen LogP contribution in [-0.2, 0) is 4.74 Å². The summed E-state index contributed by atoms with van der Waals surface area (Å²) >= 11 is 0. The average molecular weight is 254 g/mol. The second-order valence-electron chi connectivity index (χ2n) is 4.06. The first-order valence-electron chi connectivity index (χ1n) is 5.49. The topological polar surface area (TPSA) is 74.2 Å². The van der Waals surface area contributed by atoms with E-state index in [9.17, 15) is 9.59 Å². The number of allylic oxidation sites excluding steroid dienone is 1. The van der Waals surface area contributed by atoms with Crippen LogP contribution in [0.15, 0.2) is 16.6 Å². The Hall–Kier alpha value is -2.05.